The Kier molecular flexibility index (Phi) is 9.66. The van der Waals surface area contributed by atoms with E-state index in [0.29, 0.717) is 11.0 Å². The number of para-hydroxylation sites is 3. The molecule has 0 fully saturated rings. The van der Waals surface area contributed by atoms with Crippen LogP contribution in [0, 0.1) is 0 Å². The minimum absolute atomic E-state index is 0.245. The first kappa shape index (κ1) is 41.1. The van der Waals surface area contributed by atoms with E-state index >= 15 is 0 Å². The zero-order valence-corrected chi connectivity index (χ0v) is 37.2. The van der Waals surface area contributed by atoms with Gasteiger partial charge in [-0.1, -0.05) is 104 Å². The molecule has 5 N–H and O–H groups in total. The van der Waals surface area contributed by atoms with E-state index in [1.54, 1.807) is 10.6 Å². The van der Waals surface area contributed by atoms with Crippen LogP contribution in [0.25, 0.3) is 88.8 Å². The van der Waals surface area contributed by atoms with Crippen molar-refractivity contribution in [1.29, 1.82) is 0 Å². The summed E-state index contributed by atoms with van der Waals surface area (Å²) in [7, 11) is 0. The first-order valence-electron chi connectivity index (χ1n) is 22.8. The first-order valence-corrected chi connectivity index (χ1v) is 22.8. The molecule has 0 saturated heterocycles. The summed E-state index contributed by atoms with van der Waals surface area (Å²) in [5.74, 6) is -4.38. The standard InChI is InChI=1S/C60H44N4O5/c1-2-3-4-14-33-61(42-29-32-53-48(36-42)45-19-9-12-21-50(45)62(53)40-15-6-5-7-16-40)39-25-27-41(28-26-39)63-49-20-11-8-17-43(49)46-34-37(23-30-52(46)63)38-24-31-54-47(35-38)44-18-10-13-22-51(44)64(54)55-56(65)58(67)60(69)59(68)57(55)66/h2-10,12-19,21-36,65-69H,1,11,20H2/b4-3-,33-14-. The number of allylic oxidation sites excluding steroid dienone is 5. The summed E-state index contributed by atoms with van der Waals surface area (Å²) in [4.78, 5) is 2.22. The fourth-order valence-electron chi connectivity index (χ4n) is 10.3. The summed E-state index contributed by atoms with van der Waals surface area (Å²) in [6.07, 6.45) is 16.1. The molecule has 0 saturated carbocycles. The van der Waals surface area contributed by atoms with Gasteiger partial charge in [0.2, 0.25) is 17.2 Å². The Bertz CT molecular complexity index is 3950. The molecule has 1 aliphatic carbocycles. The molecule has 9 heteroatoms. The van der Waals surface area contributed by atoms with Crippen molar-refractivity contribution in [2.75, 3.05) is 4.90 Å². The molecule has 334 valence electrons. The van der Waals surface area contributed by atoms with Gasteiger partial charge in [-0.15, -0.1) is 0 Å². The van der Waals surface area contributed by atoms with Gasteiger partial charge in [0.15, 0.2) is 11.5 Å². The molecule has 3 aromatic heterocycles. The normalized spacial score (nSPS) is 12.7. The SMILES string of the molecule is C=C/C=C\C=C/N(c1ccc(-n2c3c(c4cc(-c5ccc6c(c5)c5ccccc5n6-c5c(O)c(O)c(O)c(O)c5O)ccc42)C=CCC3)cc1)c1ccc2c(c1)c1ccccc1n2-c1ccccc1. The van der Waals surface area contributed by atoms with Crippen LogP contribution in [0.15, 0.2) is 201 Å². The van der Waals surface area contributed by atoms with Crippen LogP contribution in [0.2, 0.25) is 0 Å². The molecule has 0 aliphatic heterocycles. The lowest BCUT2D eigenvalue weighted by Gasteiger charge is -2.22. The van der Waals surface area contributed by atoms with Gasteiger partial charge in [0.05, 0.1) is 27.6 Å². The topological polar surface area (TPSA) is 119 Å². The van der Waals surface area contributed by atoms with Crippen molar-refractivity contribution >= 4 is 72.0 Å². The highest BCUT2D eigenvalue weighted by atomic mass is 16.4. The minimum atomic E-state index is -1.00. The Labute approximate surface area is 396 Å². The molecule has 0 unspecified atom stereocenters. The maximum atomic E-state index is 11.0. The molecule has 3 heterocycles. The van der Waals surface area contributed by atoms with Gasteiger partial charge in [0.1, 0.15) is 5.69 Å². The molecule has 0 amide bonds. The minimum Gasteiger partial charge on any atom is -0.503 e. The molecule has 0 bridgehead atoms. The van der Waals surface area contributed by atoms with Crippen molar-refractivity contribution < 1.29 is 25.5 Å². The number of hydrogen-bond donors (Lipinski definition) is 5. The maximum Gasteiger partial charge on any atom is 0.208 e. The van der Waals surface area contributed by atoms with E-state index in [9.17, 15) is 25.5 Å². The average molecular weight is 901 g/mol. The van der Waals surface area contributed by atoms with Gasteiger partial charge in [-0.3, -0.25) is 0 Å². The number of nitrogens with zero attached hydrogens (tertiary/aromatic N) is 4. The first-order chi connectivity index (χ1) is 33.8. The predicted molar refractivity (Wildman–Crippen MR) is 280 cm³/mol. The second-order valence-electron chi connectivity index (χ2n) is 17.3. The second-order valence-corrected chi connectivity index (χ2v) is 17.3. The van der Waals surface area contributed by atoms with Crippen molar-refractivity contribution in [3.05, 3.63) is 212 Å². The molecule has 12 rings (SSSR count). The molecule has 9 nitrogen and oxygen atoms in total. The summed E-state index contributed by atoms with van der Waals surface area (Å²) in [6.45, 7) is 3.86. The van der Waals surface area contributed by atoms with Crippen LogP contribution in [-0.2, 0) is 6.42 Å². The Morgan fingerprint density at radius 2 is 0.986 bits per heavy atom. The molecule has 8 aromatic carbocycles. The number of phenols is 5. The molecule has 0 spiro atoms. The lowest BCUT2D eigenvalue weighted by Crippen LogP contribution is -2.09. The largest absolute Gasteiger partial charge is 0.503 e. The van der Waals surface area contributed by atoms with Crippen molar-refractivity contribution in [2.45, 2.75) is 12.8 Å². The Morgan fingerprint density at radius 1 is 0.449 bits per heavy atom. The third kappa shape index (κ3) is 6.47. The smallest absolute Gasteiger partial charge is 0.208 e. The van der Waals surface area contributed by atoms with Gasteiger partial charge in [-0.2, -0.15) is 0 Å². The molecule has 0 radical (unpaired) electrons. The van der Waals surface area contributed by atoms with Crippen molar-refractivity contribution in [3.63, 3.8) is 0 Å². The Hall–Kier alpha value is -9.34. The highest BCUT2D eigenvalue weighted by Gasteiger charge is 2.28. The molecule has 69 heavy (non-hydrogen) atoms. The summed E-state index contributed by atoms with van der Waals surface area (Å²) >= 11 is 0. The summed E-state index contributed by atoms with van der Waals surface area (Å²) < 4.78 is 6.29. The number of fused-ring (bicyclic) bond motifs is 9. The van der Waals surface area contributed by atoms with E-state index in [2.05, 4.69) is 154 Å². The van der Waals surface area contributed by atoms with Crippen LogP contribution < -0.4 is 4.90 Å². The van der Waals surface area contributed by atoms with Gasteiger partial charge < -0.3 is 44.1 Å². The van der Waals surface area contributed by atoms with Crippen molar-refractivity contribution in [1.82, 2.24) is 13.7 Å². The Morgan fingerprint density at radius 3 is 1.68 bits per heavy atom. The van der Waals surface area contributed by atoms with Crippen LogP contribution in [-0.4, -0.2) is 39.2 Å². The van der Waals surface area contributed by atoms with E-state index in [0.717, 1.165) is 79.4 Å². The molecule has 1 aliphatic rings. The zero-order valence-electron chi connectivity index (χ0n) is 37.2. The number of hydrogen-bond acceptors (Lipinski definition) is 6. The molecule has 0 atom stereocenters. The monoisotopic (exact) mass is 900 g/mol. The van der Waals surface area contributed by atoms with E-state index in [1.165, 1.54) is 22.0 Å². The van der Waals surface area contributed by atoms with E-state index < -0.39 is 28.7 Å². The highest BCUT2D eigenvalue weighted by molar-refractivity contribution is 6.12. The summed E-state index contributed by atoms with van der Waals surface area (Å²) in [5, 5.41) is 58.2. The third-order valence-electron chi connectivity index (χ3n) is 13.4. The lowest BCUT2D eigenvalue weighted by atomic mass is 9.98. The van der Waals surface area contributed by atoms with E-state index in [1.807, 2.05) is 60.7 Å². The quantitative estimate of drug-likeness (QED) is 0.0559. The zero-order chi connectivity index (χ0) is 46.9. The summed E-state index contributed by atoms with van der Waals surface area (Å²) in [5.41, 5.74) is 13.0. The third-order valence-corrected chi connectivity index (χ3v) is 13.4. The van der Waals surface area contributed by atoms with Gasteiger partial charge in [-0.05, 0) is 121 Å². The average Bonchev–Trinajstić information content (AvgIpc) is 4.03. The van der Waals surface area contributed by atoms with Gasteiger partial charge in [0.25, 0.3) is 0 Å². The molecule has 11 aromatic rings. The number of anilines is 2. The van der Waals surface area contributed by atoms with Crippen LogP contribution in [0.1, 0.15) is 17.7 Å². The fourth-order valence-corrected chi connectivity index (χ4v) is 10.3. The number of rotatable bonds is 9. The second kappa shape index (κ2) is 16.2. The van der Waals surface area contributed by atoms with Gasteiger partial charge in [0, 0.05) is 67.1 Å². The van der Waals surface area contributed by atoms with E-state index in [4.69, 9.17) is 0 Å². The summed E-state index contributed by atoms with van der Waals surface area (Å²) in [6, 6.07) is 54.6. The number of benzene rings is 8. The molecular formula is C60H44N4O5. The molecular weight excluding hydrogens is 857 g/mol. The van der Waals surface area contributed by atoms with Gasteiger partial charge >= 0.3 is 0 Å². The van der Waals surface area contributed by atoms with Crippen LogP contribution in [0.4, 0.5) is 11.4 Å². The van der Waals surface area contributed by atoms with Crippen molar-refractivity contribution in [3.8, 4) is 56.9 Å². The maximum absolute atomic E-state index is 11.0. The number of aromatic hydroxyl groups is 5. The number of phenolic OH excluding ortho intramolecular Hbond substituents is 5. The van der Waals surface area contributed by atoms with Gasteiger partial charge in [-0.25, -0.2) is 0 Å². The number of aromatic nitrogens is 3. The van der Waals surface area contributed by atoms with Crippen molar-refractivity contribution in [2.24, 2.45) is 0 Å². The van der Waals surface area contributed by atoms with E-state index in [-0.39, 0.29) is 5.69 Å². The highest BCUT2D eigenvalue weighted by Crippen LogP contribution is 2.54. The van der Waals surface area contributed by atoms with Crippen LogP contribution in [0.3, 0.4) is 0 Å². The van der Waals surface area contributed by atoms with Crippen LogP contribution >= 0.6 is 0 Å². The fraction of sp³-hybridized carbons (Fsp3) is 0.0333. The predicted octanol–water partition coefficient (Wildman–Crippen LogP) is 14.4. The lowest BCUT2D eigenvalue weighted by molar-refractivity contribution is 0.327. The van der Waals surface area contributed by atoms with Crippen LogP contribution in [0.5, 0.6) is 28.7 Å². The Balaban J connectivity index is 0.942.